The normalized spacial score (nSPS) is 21.2. The van der Waals surface area contributed by atoms with Crippen molar-refractivity contribution < 1.29 is 74.2 Å². The largest absolute Gasteiger partial charge is 0.508 e. The van der Waals surface area contributed by atoms with E-state index in [0.717, 1.165) is 43.8 Å². The number of nitrogens with zero attached hydrogens (tertiary/aromatic N) is 1. The zero-order valence-electron chi connectivity index (χ0n) is 39.8. The van der Waals surface area contributed by atoms with E-state index in [2.05, 4.69) is 0 Å². The molecule has 2 saturated heterocycles. The van der Waals surface area contributed by atoms with Crippen LogP contribution in [0.15, 0.2) is 140 Å². The predicted molar refractivity (Wildman–Crippen MR) is 260 cm³/mol. The van der Waals surface area contributed by atoms with Crippen LogP contribution >= 0.6 is 11.8 Å². The molecule has 0 radical (unpaired) electrons. The lowest BCUT2D eigenvalue weighted by molar-refractivity contribution is -0.252. The van der Waals surface area contributed by atoms with Crippen LogP contribution in [-0.4, -0.2) is 90.6 Å². The van der Waals surface area contributed by atoms with Gasteiger partial charge < -0.3 is 37.9 Å². The number of benzene rings is 6. The van der Waals surface area contributed by atoms with Crippen molar-refractivity contribution in [1.29, 1.82) is 0 Å². The first-order valence-corrected chi connectivity index (χ1v) is 25.0. The SMILES string of the molecule is CCS[C@@H]1O[C@H](COC(=O)O[C@@H]2C[C@@H](C(=O)Oc3c(F)c(F)c(F)c(F)c3F)N(C(=O)OCC3c4ccccc4-c4ccccc43)C2)[C@H](OCc2ccccc2)[C@H](OCc2ccccc2)[C@H]1OCc1ccccc1. The minimum Gasteiger partial charge on any atom is -0.448 e. The number of rotatable bonds is 18. The van der Waals surface area contributed by atoms with Crippen LogP contribution in [-0.2, 0) is 57.8 Å². The Bertz CT molecular complexity index is 2830. The Balaban J connectivity index is 0.938. The van der Waals surface area contributed by atoms with Crippen molar-refractivity contribution in [2.24, 2.45) is 0 Å². The fraction of sp³-hybridized carbons (Fsp3) is 0.304. The zero-order valence-corrected chi connectivity index (χ0v) is 40.6. The van der Waals surface area contributed by atoms with Gasteiger partial charge >= 0.3 is 18.2 Å². The fourth-order valence-electron chi connectivity index (χ4n) is 9.33. The van der Waals surface area contributed by atoms with Crippen LogP contribution in [0.3, 0.4) is 0 Å². The maximum Gasteiger partial charge on any atom is 0.508 e. The first kappa shape index (κ1) is 52.0. The van der Waals surface area contributed by atoms with E-state index >= 15 is 0 Å². The number of likely N-dealkylation sites (tertiary alicyclic amines) is 1. The van der Waals surface area contributed by atoms with Gasteiger partial charge in [0, 0.05) is 12.3 Å². The van der Waals surface area contributed by atoms with Gasteiger partial charge in [0.25, 0.3) is 0 Å². The molecule has 12 nitrogen and oxygen atoms in total. The third-order valence-corrected chi connectivity index (χ3v) is 13.9. The molecule has 6 aromatic carbocycles. The van der Waals surface area contributed by atoms with Gasteiger partial charge in [0.1, 0.15) is 55.2 Å². The molecule has 0 N–H and O–H groups in total. The van der Waals surface area contributed by atoms with Crippen LogP contribution in [0.1, 0.15) is 47.1 Å². The fourth-order valence-corrected chi connectivity index (χ4v) is 10.3. The number of esters is 1. The highest BCUT2D eigenvalue weighted by Gasteiger charge is 2.50. The van der Waals surface area contributed by atoms with Crippen molar-refractivity contribution in [1.82, 2.24) is 4.90 Å². The molecule has 0 saturated carbocycles. The molecule has 1 aliphatic carbocycles. The summed E-state index contributed by atoms with van der Waals surface area (Å²) in [5, 5.41) is 0. The molecule has 0 spiro atoms. The van der Waals surface area contributed by atoms with E-state index in [4.69, 9.17) is 37.9 Å². The topological polar surface area (TPSA) is 128 Å². The van der Waals surface area contributed by atoms with Crippen LogP contribution in [0, 0.1) is 29.1 Å². The van der Waals surface area contributed by atoms with Crippen LogP contribution in [0.25, 0.3) is 11.1 Å². The van der Waals surface area contributed by atoms with Crippen LogP contribution < -0.4 is 4.74 Å². The summed E-state index contributed by atoms with van der Waals surface area (Å²) in [6.07, 6.45) is -7.62. The van der Waals surface area contributed by atoms with Gasteiger partial charge in [0.2, 0.25) is 34.8 Å². The highest BCUT2D eigenvalue weighted by Crippen LogP contribution is 2.45. The molecule has 6 aromatic rings. The highest BCUT2D eigenvalue weighted by molar-refractivity contribution is 7.99. The Morgan fingerprint density at radius 3 is 1.62 bits per heavy atom. The monoisotopic (exact) mass is 1040 g/mol. The summed E-state index contributed by atoms with van der Waals surface area (Å²) < 4.78 is 121. The van der Waals surface area contributed by atoms with Crippen molar-refractivity contribution >= 4 is 30.0 Å². The van der Waals surface area contributed by atoms with Crippen molar-refractivity contribution in [2.75, 3.05) is 25.5 Å². The van der Waals surface area contributed by atoms with E-state index in [1.807, 2.05) is 146 Å². The van der Waals surface area contributed by atoms with Gasteiger partial charge in [-0.25, -0.2) is 27.6 Å². The number of hydrogen-bond acceptors (Lipinski definition) is 12. The standard InChI is InChI=1S/C56H50F5NO11S/c1-2-74-54-52(68-30-35-20-10-5-11-21-35)51(67-29-34-18-8-4-9-19-34)49(66-28-33-16-6-3-7-17-33)43(72-54)32-70-56(65)71-36-26-42(53(63)73-50-47(60)45(58)44(57)46(59)48(50)61)62(27-36)55(64)69-31-41-39-24-14-12-22-37(39)38-23-13-15-25-40(38)41/h3-25,36,41-43,49,51-52,54H,2,26-32H2,1H3/t36-,42+,43-,49+,51+,52-,54+/m1/s1. The van der Waals surface area contributed by atoms with Crippen molar-refractivity contribution in [3.05, 3.63) is 196 Å². The third kappa shape index (κ3) is 11.7. The molecule has 18 heteroatoms. The quantitative estimate of drug-likeness (QED) is 0.0267. The Hall–Kier alpha value is -6.83. The second-order valence-electron chi connectivity index (χ2n) is 17.6. The van der Waals surface area contributed by atoms with E-state index in [1.165, 1.54) is 11.8 Å². The molecular formula is C56H50F5NO11S. The van der Waals surface area contributed by atoms with E-state index in [-0.39, 0.29) is 26.4 Å². The third-order valence-electron chi connectivity index (χ3n) is 12.9. The number of thioether (sulfide) groups is 1. The van der Waals surface area contributed by atoms with Crippen molar-refractivity contribution in [3.8, 4) is 16.9 Å². The Kier molecular flexibility index (Phi) is 16.9. The van der Waals surface area contributed by atoms with E-state index in [1.54, 1.807) is 0 Å². The minimum atomic E-state index is -2.47. The summed E-state index contributed by atoms with van der Waals surface area (Å²) in [5.41, 5.74) is 5.60. The smallest absolute Gasteiger partial charge is 0.448 e. The number of amides is 1. The van der Waals surface area contributed by atoms with Gasteiger partial charge in [0.05, 0.1) is 26.4 Å². The summed E-state index contributed by atoms with van der Waals surface area (Å²) in [7, 11) is 0. The molecule has 2 aliphatic heterocycles. The van der Waals surface area contributed by atoms with Gasteiger partial charge in [-0.1, -0.05) is 146 Å². The van der Waals surface area contributed by atoms with Crippen LogP contribution in [0.2, 0.25) is 0 Å². The average Bonchev–Trinajstić information content (AvgIpc) is 4.00. The van der Waals surface area contributed by atoms with Gasteiger partial charge in [-0.3, -0.25) is 4.90 Å². The molecule has 0 aromatic heterocycles. The maximum absolute atomic E-state index is 14.8. The maximum atomic E-state index is 14.8. The van der Waals surface area contributed by atoms with E-state index < -0.39 is 121 Å². The lowest BCUT2D eigenvalue weighted by Crippen LogP contribution is -2.60. The molecule has 386 valence electrons. The molecule has 2 heterocycles. The molecule has 0 bridgehead atoms. The lowest BCUT2D eigenvalue weighted by Gasteiger charge is -2.45. The first-order chi connectivity index (χ1) is 36.0. The van der Waals surface area contributed by atoms with Crippen LogP contribution in [0.5, 0.6) is 5.75 Å². The summed E-state index contributed by atoms with van der Waals surface area (Å²) in [4.78, 5) is 42.3. The van der Waals surface area contributed by atoms with Gasteiger partial charge in [0.15, 0.2) is 0 Å². The van der Waals surface area contributed by atoms with Crippen molar-refractivity contribution in [2.45, 2.75) is 81.1 Å². The number of hydrogen-bond donors (Lipinski definition) is 0. The zero-order chi connectivity index (χ0) is 51.7. The average molecular weight is 1040 g/mol. The summed E-state index contributed by atoms with van der Waals surface area (Å²) in [6, 6.07) is 41.8. The second kappa shape index (κ2) is 24.0. The van der Waals surface area contributed by atoms with E-state index in [9.17, 15) is 36.3 Å². The number of halogens is 5. The Morgan fingerprint density at radius 2 is 1.08 bits per heavy atom. The molecule has 9 rings (SSSR count). The first-order valence-electron chi connectivity index (χ1n) is 23.9. The highest BCUT2D eigenvalue weighted by atomic mass is 32.2. The molecule has 1 amide bonds. The van der Waals surface area contributed by atoms with Gasteiger partial charge in [-0.15, -0.1) is 11.8 Å². The Morgan fingerprint density at radius 1 is 0.595 bits per heavy atom. The number of fused-ring (bicyclic) bond motifs is 3. The number of carbonyl (C=O) groups excluding carboxylic acids is 3. The lowest BCUT2D eigenvalue weighted by atomic mass is 9.98. The Labute approximate surface area is 427 Å². The summed E-state index contributed by atoms with van der Waals surface area (Å²) >= 11 is 1.46. The molecule has 2 fully saturated rings. The molecule has 3 aliphatic rings. The minimum absolute atomic E-state index is 0.119. The predicted octanol–water partition coefficient (Wildman–Crippen LogP) is 11.1. The molecular weight excluding hydrogens is 990 g/mol. The summed E-state index contributed by atoms with van der Waals surface area (Å²) in [6.45, 7) is 1.29. The van der Waals surface area contributed by atoms with Gasteiger partial charge in [-0.2, -0.15) is 8.78 Å². The molecule has 0 unspecified atom stereocenters. The van der Waals surface area contributed by atoms with Gasteiger partial charge in [-0.05, 0) is 44.7 Å². The van der Waals surface area contributed by atoms with E-state index in [0.29, 0.717) is 5.75 Å². The number of carbonyl (C=O) groups is 3. The second-order valence-corrected chi connectivity index (χ2v) is 19.0. The number of ether oxygens (including phenoxy) is 8. The van der Waals surface area contributed by atoms with Crippen molar-refractivity contribution in [3.63, 3.8) is 0 Å². The molecule has 7 atom stereocenters. The summed E-state index contributed by atoms with van der Waals surface area (Å²) in [5.74, 6) is -15.3. The van der Waals surface area contributed by atoms with Crippen LogP contribution in [0.4, 0.5) is 31.5 Å². The molecule has 74 heavy (non-hydrogen) atoms.